The molecule has 0 fully saturated rings. The van der Waals surface area contributed by atoms with Crippen LogP contribution in [-0.2, 0) is 13.1 Å². The number of nitrogens with two attached hydrogens (primary N) is 1. The van der Waals surface area contributed by atoms with Gasteiger partial charge < -0.3 is 16.0 Å². The molecule has 0 aliphatic rings. The molecule has 0 saturated carbocycles. The average molecular weight is 418 g/mol. The maximum atomic E-state index is 12.1. The molecule has 0 radical (unpaired) electrons. The summed E-state index contributed by atoms with van der Waals surface area (Å²) < 4.78 is 0. The van der Waals surface area contributed by atoms with E-state index in [1.165, 1.54) is 5.56 Å². The van der Waals surface area contributed by atoms with Crippen molar-refractivity contribution in [1.29, 1.82) is 0 Å². The highest BCUT2D eigenvalue weighted by Crippen LogP contribution is 2.34. The van der Waals surface area contributed by atoms with Crippen LogP contribution in [0.4, 0.5) is 0 Å². The standard InChI is InChI=1S/C25H24ClN3O/c1-16(23-15-29-24-10-8-19(26)12-22(23)24)21-11-18(7-9-20(21)25(27)30)14-28-13-17-5-3-2-4-6-17/h2-12,15-16,28-29H,13-14H2,1H3,(H2,27,30). The number of benzene rings is 3. The van der Waals surface area contributed by atoms with Gasteiger partial charge in [0.2, 0.25) is 5.91 Å². The highest BCUT2D eigenvalue weighted by molar-refractivity contribution is 6.31. The van der Waals surface area contributed by atoms with E-state index in [4.69, 9.17) is 17.3 Å². The Hall–Kier alpha value is -3.08. The second-order valence-corrected chi connectivity index (χ2v) is 7.97. The molecule has 5 heteroatoms. The van der Waals surface area contributed by atoms with Crippen molar-refractivity contribution in [2.45, 2.75) is 25.9 Å². The summed E-state index contributed by atoms with van der Waals surface area (Å²) in [6.07, 6.45) is 1.98. The molecule has 4 nitrogen and oxygen atoms in total. The number of aromatic nitrogens is 1. The van der Waals surface area contributed by atoms with Gasteiger partial charge in [0.05, 0.1) is 0 Å². The molecule has 0 spiro atoms. The number of rotatable bonds is 7. The van der Waals surface area contributed by atoms with Crippen molar-refractivity contribution in [2.24, 2.45) is 5.73 Å². The van der Waals surface area contributed by atoms with Crippen LogP contribution in [0.2, 0.25) is 5.02 Å². The zero-order chi connectivity index (χ0) is 21.1. The van der Waals surface area contributed by atoms with Crippen LogP contribution in [0, 0.1) is 0 Å². The minimum atomic E-state index is -0.418. The topological polar surface area (TPSA) is 70.9 Å². The lowest BCUT2D eigenvalue weighted by atomic mass is 9.88. The number of primary amides is 1. The molecule has 4 aromatic rings. The van der Waals surface area contributed by atoms with Gasteiger partial charge in [-0.05, 0) is 46.5 Å². The van der Waals surface area contributed by atoms with Gasteiger partial charge >= 0.3 is 0 Å². The van der Waals surface area contributed by atoms with Crippen molar-refractivity contribution >= 4 is 28.4 Å². The van der Waals surface area contributed by atoms with Crippen molar-refractivity contribution < 1.29 is 4.79 Å². The number of carbonyl (C=O) groups excluding carboxylic acids is 1. The first-order valence-corrected chi connectivity index (χ1v) is 10.3. The van der Waals surface area contributed by atoms with E-state index >= 15 is 0 Å². The highest BCUT2D eigenvalue weighted by atomic mass is 35.5. The molecule has 4 rings (SSSR count). The van der Waals surface area contributed by atoms with Crippen LogP contribution >= 0.6 is 11.6 Å². The second kappa shape index (κ2) is 8.74. The Kier molecular flexibility index (Phi) is 5.88. The molecule has 1 heterocycles. The summed E-state index contributed by atoms with van der Waals surface area (Å²) in [4.78, 5) is 15.4. The summed E-state index contributed by atoms with van der Waals surface area (Å²) in [5.41, 5.74) is 11.6. The van der Waals surface area contributed by atoms with Gasteiger partial charge in [0.15, 0.2) is 0 Å². The minimum absolute atomic E-state index is 0.0196. The molecule has 0 saturated heterocycles. The van der Waals surface area contributed by atoms with Crippen LogP contribution in [0.5, 0.6) is 0 Å². The van der Waals surface area contributed by atoms with Crippen molar-refractivity contribution in [3.8, 4) is 0 Å². The summed E-state index contributed by atoms with van der Waals surface area (Å²) >= 11 is 6.22. The summed E-state index contributed by atoms with van der Waals surface area (Å²) in [5.74, 6) is -0.438. The Morgan fingerprint density at radius 1 is 1.00 bits per heavy atom. The lowest BCUT2D eigenvalue weighted by molar-refractivity contribution is 0.0999. The van der Waals surface area contributed by atoms with Gasteiger partial charge in [-0.3, -0.25) is 4.79 Å². The predicted molar refractivity (Wildman–Crippen MR) is 123 cm³/mol. The Labute approximate surface area is 181 Å². The fraction of sp³-hybridized carbons (Fsp3) is 0.160. The average Bonchev–Trinajstić information content (AvgIpc) is 3.16. The van der Waals surface area contributed by atoms with Crippen LogP contribution in [0.15, 0.2) is 72.9 Å². The van der Waals surface area contributed by atoms with Crippen molar-refractivity contribution in [3.05, 3.63) is 106 Å². The Morgan fingerprint density at radius 2 is 1.77 bits per heavy atom. The molecule has 152 valence electrons. The quantitative estimate of drug-likeness (QED) is 0.378. The smallest absolute Gasteiger partial charge is 0.248 e. The normalized spacial score (nSPS) is 12.2. The van der Waals surface area contributed by atoms with E-state index in [1.807, 2.05) is 54.7 Å². The van der Waals surface area contributed by atoms with Crippen LogP contribution in [0.25, 0.3) is 10.9 Å². The molecule has 1 aromatic heterocycles. The number of carbonyl (C=O) groups is 1. The zero-order valence-corrected chi connectivity index (χ0v) is 17.5. The number of fused-ring (bicyclic) bond motifs is 1. The van der Waals surface area contributed by atoms with Crippen LogP contribution in [-0.4, -0.2) is 10.9 Å². The Balaban J connectivity index is 1.62. The third-order valence-corrected chi connectivity index (χ3v) is 5.73. The molecular weight excluding hydrogens is 394 g/mol. The molecule has 1 atom stereocenters. The molecule has 0 aliphatic heterocycles. The van der Waals surface area contributed by atoms with E-state index in [2.05, 4.69) is 35.4 Å². The van der Waals surface area contributed by atoms with Crippen LogP contribution < -0.4 is 11.1 Å². The Morgan fingerprint density at radius 3 is 2.53 bits per heavy atom. The third kappa shape index (κ3) is 4.25. The van der Waals surface area contributed by atoms with Gasteiger partial charge in [-0.1, -0.05) is 61.0 Å². The molecule has 0 aliphatic carbocycles. The number of nitrogens with one attached hydrogen (secondary N) is 2. The third-order valence-electron chi connectivity index (χ3n) is 5.49. The van der Waals surface area contributed by atoms with Gasteiger partial charge in [-0.25, -0.2) is 0 Å². The molecule has 3 aromatic carbocycles. The minimum Gasteiger partial charge on any atom is -0.366 e. The maximum absolute atomic E-state index is 12.1. The van der Waals surface area contributed by atoms with E-state index in [0.717, 1.165) is 34.1 Å². The number of aromatic amines is 1. The summed E-state index contributed by atoms with van der Waals surface area (Å²) in [7, 11) is 0. The molecule has 0 bridgehead atoms. The van der Waals surface area contributed by atoms with Crippen molar-refractivity contribution in [2.75, 3.05) is 0 Å². The van der Waals surface area contributed by atoms with Gasteiger partial charge in [0, 0.05) is 46.7 Å². The van der Waals surface area contributed by atoms with Gasteiger partial charge in [-0.2, -0.15) is 0 Å². The SMILES string of the molecule is CC(c1cc(CNCc2ccccc2)ccc1C(N)=O)c1c[nH]c2ccc(Cl)cc12. The molecule has 4 N–H and O–H groups in total. The molecular formula is C25H24ClN3O. The highest BCUT2D eigenvalue weighted by Gasteiger charge is 2.19. The lowest BCUT2D eigenvalue weighted by Gasteiger charge is -2.17. The summed E-state index contributed by atoms with van der Waals surface area (Å²) in [6.45, 7) is 3.57. The molecule has 1 amide bonds. The van der Waals surface area contributed by atoms with Crippen molar-refractivity contribution in [3.63, 3.8) is 0 Å². The van der Waals surface area contributed by atoms with Gasteiger partial charge in [-0.15, -0.1) is 0 Å². The van der Waals surface area contributed by atoms with Crippen molar-refractivity contribution in [1.82, 2.24) is 10.3 Å². The summed E-state index contributed by atoms with van der Waals surface area (Å²) in [5, 5.41) is 5.20. The number of hydrogen-bond acceptors (Lipinski definition) is 2. The Bertz CT molecular complexity index is 1180. The predicted octanol–water partition coefficient (Wildman–Crippen LogP) is 5.36. The lowest BCUT2D eigenvalue weighted by Crippen LogP contribution is -2.17. The largest absolute Gasteiger partial charge is 0.366 e. The number of amides is 1. The second-order valence-electron chi connectivity index (χ2n) is 7.53. The fourth-order valence-electron chi connectivity index (χ4n) is 3.89. The van der Waals surface area contributed by atoms with E-state index in [1.54, 1.807) is 0 Å². The maximum Gasteiger partial charge on any atom is 0.248 e. The monoisotopic (exact) mass is 417 g/mol. The van der Waals surface area contributed by atoms with Crippen LogP contribution in [0.1, 0.15) is 45.5 Å². The van der Waals surface area contributed by atoms with Gasteiger partial charge in [0.25, 0.3) is 0 Å². The first-order chi connectivity index (χ1) is 14.5. The first-order valence-electron chi connectivity index (χ1n) is 9.96. The van der Waals surface area contributed by atoms with Gasteiger partial charge in [0.1, 0.15) is 0 Å². The van der Waals surface area contributed by atoms with E-state index in [-0.39, 0.29) is 5.92 Å². The zero-order valence-electron chi connectivity index (χ0n) is 16.8. The van der Waals surface area contributed by atoms with E-state index < -0.39 is 5.91 Å². The molecule has 1 unspecified atom stereocenters. The van der Waals surface area contributed by atoms with Crippen LogP contribution in [0.3, 0.4) is 0 Å². The number of halogens is 1. The summed E-state index contributed by atoms with van der Waals surface area (Å²) in [6, 6.07) is 21.9. The van der Waals surface area contributed by atoms with E-state index in [9.17, 15) is 4.79 Å². The number of hydrogen-bond donors (Lipinski definition) is 3. The van der Waals surface area contributed by atoms with E-state index in [0.29, 0.717) is 17.1 Å². The first kappa shape index (κ1) is 20.2. The molecule has 30 heavy (non-hydrogen) atoms. The fourth-order valence-corrected chi connectivity index (χ4v) is 4.06. The number of H-pyrrole nitrogens is 1.